The summed E-state index contributed by atoms with van der Waals surface area (Å²) in [5.41, 5.74) is 0. The van der Waals surface area contributed by atoms with E-state index >= 15 is 0 Å². The van der Waals surface area contributed by atoms with Gasteiger partial charge in [0.25, 0.3) is 0 Å². The van der Waals surface area contributed by atoms with Crippen molar-refractivity contribution in [2.45, 2.75) is 37.6 Å². The van der Waals surface area contributed by atoms with Crippen molar-refractivity contribution in [3.05, 3.63) is 30.1 Å². The van der Waals surface area contributed by atoms with E-state index in [4.69, 9.17) is 5.11 Å². The van der Waals surface area contributed by atoms with Crippen molar-refractivity contribution in [2.24, 2.45) is 5.92 Å². The number of benzene rings is 1. The van der Waals surface area contributed by atoms with Crippen molar-refractivity contribution in [3.8, 4) is 0 Å². The highest BCUT2D eigenvalue weighted by Gasteiger charge is 2.20. The van der Waals surface area contributed by atoms with Crippen LogP contribution in [0.1, 0.15) is 26.7 Å². The molecule has 0 aliphatic heterocycles. The van der Waals surface area contributed by atoms with Crippen molar-refractivity contribution >= 4 is 23.6 Å². The summed E-state index contributed by atoms with van der Waals surface area (Å²) < 4.78 is 12.7. The first kappa shape index (κ1) is 17.5. The third kappa shape index (κ3) is 7.13. The van der Waals surface area contributed by atoms with Crippen LogP contribution < -0.4 is 5.32 Å². The fraction of sp³-hybridized carbons (Fsp3) is 0.467. The standard InChI is InChI=1S/C15H20FNO3S/c1-10(2)9-13(15(19)20)17-14(18)7-8-21-12-5-3-11(16)4-6-12/h3-6,10,13H,7-9H2,1-2H3,(H,17,18)(H,19,20). The van der Waals surface area contributed by atoms with Crippen molar-refractivity contribution in [1.29, 1.82) is 0 Å². The highest BCUT2D eigenvalue weighted by molar-refractivity contribution is 7.99. The third-order valence-corrected chi connectivity index (χ3v) is 3.77. The zero-order chi connectivity index (χ0) is 15.8. The van der Waals surface area contributed by atoms with Crippen molar-refractivity contribution in [3.63, 3.8) is 0 Å². The Kier molecular flexibility index (Phi) is 7.22. The first-order chi connectivity index (χ1) is 9.88. The molecule has 1 unspecified atom stereocenters. The molecule has 1 amide bonds. The number of carboxylic acids is 1. The number of halogens is 1. The first-order valence-electron chi connectivity index (χ1n) is 6.79. The predicted octanol–water partition coefficient (Wildman–Crippen LogP) is 2.92. The number of nitrogens with one attached hydrogen (secondary N) is 1. The first-order valence-corrected chi connectivity index (χ1v) is 7.77. The van der Waals surface area contributed by atoms with E-state index in [2.05, 4.69) is 5.32 Å². The van der Waals surface area contributed by atoms with Crippen LogP contribution in [-0.4, -0.2) is 28.8 Å². The van der Waals surface area contributed by atoms with Gasteiger partial charge in [-0.05, 0) is 36.6 Å². The average molecular weight is 313 g/mol. The summed E-state index contributed by atoms with van der Waals surface area (Å²) in [6, 6.07) is 5.19. The Balaban J connectivity index is 2.35. The smallest absolute Gasteiger partial charge is 0.326 e. The van der Waals surface area contributed by atoms with Crippen LogP contribution in [0.4, 0.5) is 4.39 Å². The molecule has 0 aliphatic carbocycles. The summed E-state index contributed by atoms with van der Waals surface area (Å²) >= 11 is 1.43. The number of aliphatic carboxylic acids is 1. The minimum absolute atomic E-state index is 0.194. The molecule has 0 heterocycles. The molecule has 2 N–H and O–H groups in total. The van der Waals surface area contributed by atoms with Gasteiger partial charge in [-0.2, -0.15) is 0 Å². The van der Waals surface area contributed by atoms with E-state index in [1.54, 1.807) is 12.1 Å². The van der Waals surface area contributed by atoms with E-state index in [0.717, 1.165) is 4.90 Å². The molecule has 1 aromatic rings. The lowest BCUT2D eigenvalue weighted by molar-refractivity contribution is -0.142. The van der Waals surface area contributed by atoms with Gasteiger partial charge in [0.05, 0.1) is 0 Å². The topological polar surface area (TPSA) is 66.4 Å². The molecule has 1 rings (SSSR count). The van der Waals surface area contributed by atoms with E-state index in [-0.39, 0.29) is 24.1 Å². The van der Waals surface area contributed by atoms with E-state index in [1.807, 2.05) is 13.8 Å². The summed E-state index contributed by atoms with van der Waals surface area (Å²) in [4.78, 5) is 23.7. The van der Waals surface area contributed by atoms with Gasteiger partial charge >= 0.3 is 5.97 Å². The fourth-order valence-corrected chi connectivity index (χ4v) is 2.60. The number of hydrogen-bond acceptors (Lipinski definition) is 3. The minimum atomic E-state index is -1.01. The van der Waals surface area contributed by atoms with Gasteiger partial charge in [-0.15, -0.1) is 11.8 Å². The van der Waals surface area contributed by atoms with E-state index in [1.165, 1.54) is 23.9 Å². The van der Waals surface area contributed by atoms with Crippen LogP contribution in [0.3, 0.4) is 0 Å². The Morgan fingerprint density at radius 2 is 1.90 bits per heavy atom. The summed E-state index contributed by atoms with van der Waals surface area (Å²) in [7, 11) is 0. The van der Waals surface area contributed by atoms with Gasteiger partial charge in [-0.1, -0.05) is 13.8 Å². The van der Waals surface area contributed by atoms with Crippen LogP contribution >= 0.6 is 11.8 Å². The summed E-state index contributed by atoms with van der Waals surface area (Å²) in [5.74, 6) is -0.873. The lowest BCUT2D eigenvalue weighted by atomic mass is 10.0. The number of rotatable bonds is 8. The van der Waals surface area contributed by atoms with E-state index < -0.39 is 12.0 Å². The molecule has 0 saturated carbocycles. The summed E-state index contributed by atoms with van der Waals surface area (Å²) in [6.07, 6.45) is 0.635. The number of carbonyl (C=O) groups excluding carboxylic acids is 1. The number of amides is 1. The van der Waals surface area contributed by atoms with Crippen molar-refractivity contribution < 1.29 is 19.1 Å². The predicted molar refractivity (Wildman–Crippen MR) is 80.8 cm³/mol. The Morgan fingerprint density at radius 1 is 1.29 bits per heavy atom. The maximum Gasteiger partial charge on any atom is 0.326 e. The van der Waals surface area contributed by atoms with E-state index in [9.17, 15) is 14.0 Å². The lowest BCUT2D eigenvalue weighted by Gasteiger charge is -2.16. The fourth-order valence-electron chi connectivity index (χ4n) is 1.75. The molecule has 21 heavy (non-hydrogen) atoms. The van der Waals surface area contributed by atoms with Crippen LogP contribution in [0.15, 0.2) is 29.2 Å². The Hall–Kier alpha value is -1.56. The molecular weight excluding hydrogens is 293 g/mol. The maximum absolute atomic E-state index is 12.7. The molecule has 116 valence electrons. The van der Waals surface area contributed by atoms with Crippen LogP contribution in [-0.2, 0) is 9.59 Å². The van der Waals surface area contributed by atoms with Crippen LogP contribution in [0, 0.1) is 11.7 Å². The molecule has 0 aromatic heterocycles. The van der Waals surface area contributed by atoms with Gasteiger partial charge in [-0.25, -0.2) is 9.18 Å². The van der Waals surface area contributed by atoms with Gasteiger partial charge in [0.2, 0.25) is 5.91 Å². The highest BCUT2D eigenvalue weighted by atomic mass is 32.2. The number of hydrogen-bond donors (Lipinski definition) is 2. The minimum Gasteiger partial charge on any atom is -0.480 e. The van der Waals surface area contributed by atoms with Gasteiger partial charge in [0.1, 0.15) is 11.9 Å². The Labute approximate surface area is 128 Å². The molecule has 0 bridgehead atoms. The highest BCUT2D eigenvalue weighted by Crippen LogP contribution is 2.18. The normalized spacial score (nSPS) is 12.2. The molecule has 0 saturated heterocycles. The largest absolute Gasteiger partial charge is 0.480 e. The van der Waals surface area contributed by atoms with Gasteiger partial charge in [0, 0.05) is 17.1 Å². The molecule has 1 atom stereocenters. The number of carbonyl (C=O) groups is 2. The third-order valence-electron chi connectivity index (χ3n) is 2.75. The molecule has 4 nitrogen and oxygen atoms in total. The molecule has 0 radical (unpaired) electrons. The molecule has 0 aliphatic rings. The van der Waals surface area contributed by atoms with Crippen molar-refractivity contribution in [1.82, 2.24) is 5.32 Å². The van der Waals surface area contributed by atoms with Crippen LogP contribution in [0.25, 0.3) is 0 Å². The molecule has 0 spiro atoms. The zero-order valence-corrected chi connectivity index (χ0v) is 13.0. The van der Waals surface area contributed by atoms with E-state index in [0.29, 0.717) is 12.2 Å². The second kappa shape index (κ2) is 8.67. The van der Waals surface area contributed by atoms with Crippen LogP contribution in [0.5, 0.6) is 0 Å². The monoisotopic (exact) mass is 313 g/mol. The van der Waals surface area contributed by atoms with Crippen molar-refractivity contribution in [2.75, 3.05) is 5.75 Å². The quantitative estimate of drug-likeness (QED) is 0.724. The van der Waals surface area contributed by atoms with Gasteiger partial charge in [-0.3, -0.25) is 4.79 Å². The number of thioether (sulfide) groups is 1. The maximum atomic E-state index is 12.7. The average Bonchev–Trinajstić information content (AvgIpc) is 2.39. The SMILES string of the molecule is CC(C)CC(NC(=O)CCSc1ccc(F)cc1)C(=O)O. The van der Waals surface area contributed by atoms with Crippen LogP contribution in [0.2, 0.25) is 0 Å². The zero-order valence-electron chi connectivity index (χ0n) is 12.1. The molecule has 6 heteroatoms. The summed E-state index contributed by atoms with van der Waals surface area (Å²) in [6.45, 7) is 3.82. The number of carboxylic acid groups (broad SMARTS) is 1. The lowest BCUT2D eigenvalue weighted by Crippen LogP contribution is -2.41. The summed E-state index contributed by atoms with van der Waals surface area (Å²) in [5, 5.41) is 11.6. The van der Waals surface area contributed by atoms with Gasteiger partial charge in [0.15, 0.2) is 0 Å². The van der Waals surface area contributed by atoms with Gasteiger partial charge < -0.3 is 10.4 Å². The molecule has 0 fully saturated rings. The second-order valence-corrected chi connectivity index (χ2v) is 6.31. The second-order valence-electron chi connectivity index (χ2n) is 5.14. The Morgan fingerprint density at radius 3 is 2.43 bits per heavy atom. The Bertz CT molecular complexity index is 476. The molecular formula is C15H20FNO3S. The molecule has 1 aromatic carbocycles.